The molecule has 6 nitrogen and oxygen atoms in total. The lowest BCUT2D eigenvalue weighted by Gasteiger charge is -2.16. The summed E-state index contributed by atoms with van der Waals surface area (Å²) in [5, 5.41) is 28.9. The molecular weight excluding hydrogens is 336 g/mol. The number of nitrogens with one attached hydrogen (secondary N) is 2. The molecule has 0 radical (unpaired) electrons. The van der Waals surface area contributed by atoms with Gasteiger partial charge in [0.2, 0.25) is 0 Å². The van der Waals surface area contributed by atoms with Gasteiger partial charge < -0.3 is 15.2 Å². The van der Waals surface area contributed by atoms with Gasteiger partial charge in [0.15, 0.2) is 10.6 Å². The van der Waals surface area contributed by atoms with Gasteiger partial charge in [0.25, 0.3) is 0 Å². The maximum atomic E-state index is 10.5. The van der Waals surface area contributed by atoms with Gasteiger partial charge in [-0.05, 0) is 56.3 Å². The van der Waals surface area contributed by atoms with Gasteiger partial charge in [0.05, 0.1) is 16.9 Å². The summed E-state index contributed by atoms with van der Waals surface area (Å²) in [6, 6.07) is 7.86. The summed E-state index contributed by atoms with van der Waals surface area (Å²) in [6.07, 6.45) is 6.36. The zero-order valence-corrected chi connectivity index (χ0v) is 14.5. The average molecular weight is 354 g/mol. The quantitative estimate of drug-likeness (QED) is 0.527. The fourth-order valence-electron chi connectivity index (χ4n) is 3.23. The Labute approximate surface area is 149 Å². The van der Waals surface area contributed by atoms with E-state index in [-0.39, 0.29) is 5.76 Å². The third kappa shape index (κ3) is 2.71. The van der Waals surface area contributed by atoms with Gasteiger partial charge in [0.1, 0.15) is 5.76 Å². The Morgan fingerprint density at radius 1 is 1.32 bits per heavy atom. The first kappa shape index (κ1) is 15.9. The number of aliphatic hydroxyl groups is 2. The minimum absolute atomic E-state index is 0.000932. The molecule has 0 bridgehead atoms. The predicted molar refractivity (Wildman–Crippen MR) is 99.2 cm³/mol. The first-order valence-electron chi connectivity index (χ1n) is 8.05. The second-order valence-electron chi connectivity index (χ2n) is 6.45. The molecule has 1 aliphatic carbocycles. The van der Waals surface area contributed by atoms with E-state index in [2.05, 4.69) is 15.2 Å². The molecule has 0 amide bonds. The number of aliphatic hydroxyl groups excluding tert-OH is 1. The van der Waals surface area contributed by atoms with Gasteiger partial charge in [-0.2, -0.15) is 5.10 Å². The van der Waals surface area contributed by atoms with Crippen LogP contribution in [-0.2, 0) is 0 Å². The lowest BCUT2D eigenvalue weighted by molar-refractivity contribution is 0.101. The molecule has 3 aromatic rings. The maximum absolute atomic E-state index is 10.5. The van der Waals surface area contributed by atoms with E-state index in [9.17, 15) is 10.2 Å². The topological polar surface area (TPSA) is 89.9 Å². The number of aromatic amines is 2. The molecule has 1 aromatic carbocycles. The van der Waals surface area contributed by atoms with Crippen molar-refractivity contribution in [2.45, 2.75) is 25.4 Å². The highest BCUT2D eigenvalue weighted by atomic mass is 32.1. The summed E-state index contributed by atoms with van der Waals surface area (Å²) in [4.78, 5) is 3.18. The van der Waals surface area contributed by atoms with Crippen molar-refractivity contribution in [1.82, 2.24) is 19.7 Å². The standard InChI is InChI=1S/C18H18N4O2S/c1-18(24)8-3-4-12(15(23)10-18)16-20-21-17(25)22(16)14-6-2-5-13-11(14)7-9-19-13/h2,4-7,9-10,19,23-24H,3,8H2,1H3,(H,21,25). The van der Waals surface area contributed by atoms with Crippen molar-refractivity contribution in [1.29, 1.82) is 0 Å². The number of hydrogen-bond donors (Lipinski definition) is 4. The fraction of sp³-hybridized carbons (Fsp3) is 0.222. The van der Waals surface area contributed by atoms with Crippen molar-refractivity contribution in [3.63, 3.8) is 0 Å². The second-order valence-corrected chi connectivity index (χ2v) is 6.83. The van der Waals surface area contributed by atoms with Crippen LogP contribution in [0.25, 0.3) is 22.2 Å². The van der Waals surface area contributed by atoms with Crippen LogP contribution in [0.5, 0.6) is 0 Å². The number of aromatic nitrogens is 4. The maximum Gasteiger partial charge on any atom is 0.200 e. The van der Waals surface area contributed by atoms with Crippen molar-refractivity contribution in [2.75, 3.05) is 0 Å². The lowest BCUT2D eigenvalue weighted by Crippen LogP contribution is -2.20. The van der Waals surface area contributed by atoms with E-state index >= 15 is 0 Å². The average Bonchev–Trinajstić information content (AvgIpc) is 3.14. The van der Waals surface area contributed by atoms with Crippen LogP contribution in [0.4, 0.5) is 0 Å². The Hall–Kier alpha value is -2.64. The van der Waals surface area contributed by atoms with Crippen LogP contribution in [0, 0.1) is 4.77 Å². The van der Waals surface area contributed by atoms with E-state index in [1.54, 1.807) is 11.5 Å². The normalized spacial score (nSPS) is 21.0. The molecule has 2 heterocycles. The summed E-state index contributed by atoms with van der Waals surface area (Å²) in [5.41, 5.74) is 1.36. The molecule has 128 valence electrons. The van der Waals surface area contributed by atoms with Crippen molar-refractivity contribution in [2.24, 2.45) is 0 Å². The molecule has 4 rings (SSSR count). The first-order chi connectivity index (χ1) is 12.0. The van der Waals surface area contributed by atoms with E-state index < -0.39 is 5.60 Å². The van der Waals surface area contributed by atoms with E-state index in [0.29, 0.717) is 29.0 Å². The third-order valence-corrected chi connectivity index (χ3v) is 4.72. The van der Waals surface area contributed by atoms with Crippen molar-refractivity contribution < 1.29 is 10.2 Å². The fourth-order valence-corrected chi connectivity index (χ4v) is 3.46. The van der Waals surface area contributed by atoms with E-state index in [4.69, 9.17) is 12.2 Å². The Bertz CT molecular complexity index is 1070. The van der Waals surface area contributed by atoms with Gasteiger partial charge >= 0.3 is 0 Å². The molecule has 1 unspecified atom stereocenters. The van der Waals surface area contributed by atoms with Crippen LogP contribution >= 0.6 is 12.2 Å². The molecule has 2 aromatic heterocycles. The third-order valence-electron chi connectivity index (χ3n) is 4.45. The summed E-state index contributed by atoms with van der Waals surface area (Å²) < 4.78 is 2.25. The number of allylic oxidation sites excluding steroid dienone is 2. The van der Waals surface area contributed by atoms with Gasteiger partial charge in [-0.1, -0.05) is 12.1 Å². The molecule has 7 heteroatoms. The Morgan fingerprint density at radius 3 is 3.00 bits per heavy atom. The summed E-state index contributed by atoms with van der Waals surface area (Å²) >= 11 is 5.44. The minimum atomic E-state index is -1.05. The Morgan fingerprint density at radius 2 is 2.16 bits per heavy atom. The molecule has 0 saturated heterocycles. The minimum Gasteiger partial charge on any atom is -0.507 e. The molecule has 0 spiro atoms. The Balaban J connectivity index is 1.94. The van der Waals surface area contributed by atoms with Crippen LogP contribution < -0.4 is 0 Å². The van der Waals surface area contributed by atoms with Crippen LogP contribution in [0.15, 0.2) is 48.4 Å². The highest BCUT2D eigenvalue weighted by Crippen LogP contribution is 2.31. The summed E-state index contributed by atoms with van der Waals surface area (Å²) in [6.45, 7) is 1.68. The highest BCUT2D eigenvalue weighted by molar-refractivity contribution is 7.71. The Kier molecular flexibility index (Phi) is 3.63. The predicted octanol–water partition coefficient (Wildman–Crippen LogP) is 3.78. The van der Waals surface area contributed by atoms with Gasteiger partial charge in [-0.25, -0.2) is 0 Å². The molecular formula is C18H18N4O2S. The number of rotatable bonds is 2. The van der Waals surface area contributed by atoms with Crippen molar-refractivity contribution in [3.05, 3.63) is 59.0 Å². The van der Waals surface area contributed by atoms with Crippen molar-refractivity contribution >= 4 is 28.7 Å². The second kappa shape index (κ2) is 5.72. The van der Waals surface area contributed by atoms with E-state index in [1.165, 1.54) is 6.08 Å². The largest absolute Gasteiger partial charge is 0.507 e. The van der Waals surface area contributed by atoms with Crippen LogP contribution in [0.2, 0.25) is 0 Å². The van der Waals surface area contributed by atoms with Crippen molar-refractivity contribution in [3.8, 4) is 5.69 Å². The smallest absolute Gasteiger partial charge is 0.200 e. The molecule has 25 heavy (non-hydrogen) atoms. The SMILES string of the molecule is CC1(O)C=C(O)C(c2n[nH]c(=S)n2-c2cccc3[nH]ccc23)=CCC1. The summed E-state index contributed by atoms with van der Waals surface area (Å²) in [7, 11) is 0. The number of fused-ring (bicyclic) bond motifs is 1. The van der Waals surface area contributed by atoms with Gasteiger partial charge in [0, 0.05) is 17.1 Å². The monoisotopic (exact) mass is 354 g/mol. The van der Waals surface area contributed by atoms with Gasteiger partial charge in [-0.15, -0.1) is 0 Å². The molecule has 0 saturated carbocycles. The zero-order chi connectivity index (χ0) is 17.6. The number of nitrogens with zero attached hydrogens (tertiary/aromatic N) is 2. The molecule has 0 aliphatic heterocycles. The molecule has 1 atom stereocenters. The van der Waals surface area contributed by atoms with E-state index in [0.717, 1.165) is 16.6 Å². The molecule has 4 N–H and O–H groups in total. The van der Waals surface area contributed by atoms with Crippen LogP contribution in [0.3, 0.4) is 0 Å². The van der Waals surface area contributed by atoms with Gasteiger partial charge in [-0.3, -0.25) is 9.67 Å². The number of benzene rings is 1. The first-order valence-corrected chi connectivity index (χ1v) is 8.46. The number of H-pyrrole nitrogens is 2. The van der Waals surface area contributed by atoms with Crippen LogP contribution in [-0.4, -0.2) is 35.6 Å². The van der Waals surface area contributed by atoms with Crippen LogP contribution in [0.1, 0.15) is 25.6 Å². The molecule has 1 aliphatic rings. The zero-order valence-electron chi connectivity index (χ0n) is 13.7. The molecule has 0 fully saturated rings. The lowest BCUT2D eigenvalue weighted by atomic mass is 10.0. The number of hydrogen-bond acceptors (Lipinski definition) is 4. The van der Waals surface area contributed by atoms with E-state index in [1.807, 2.05) is 36.5 Å². The summed E-state index contributed by atoms with van der Waals surface area (Å²) in [5.74, 6) is 0.518. The highest BCUT2D eigenvalue weighted by Gasteiger charge is 2.25.